The number of methoxy groups -OCH3 is 1. The molecule has 0 aromatic carbocycles. The maximum absolute atomic E-state index is 11.8. The molecular formula is C24H26N6O3. The minimum Gasteiger partial charge on any atom is -0.474 e. The van der Waals surface area contributed by atoms with Crippen molar-refractivity contribution in [3.8, 4) is 23.1 Å². The molecule has 0 aliphatic rings. The average Bonchev–Trinajstić information content (AvgIpc) is 2.80. The van der Waals surface area contributed by atoms with Crippen molar-refractivity contribution in [1.82, 2.24) is 15.0 Å². The van der Waals surface area contributed by atoms with Crippen molar-refractivity contribution in [1.29, 1.82) is 5.26 Å². The van der Waals surface area contributed by atoms with Gasteiger partial charge in [0.15, 0.2) is 0 Å². The van der Waals surface area contributed by atoms with Gasteiger partial charge < -0.3 is 9.47 Å². The van der Waals surface area contributed by atoms with Crippen LogP contribution in [0.1, 0.15) is 37.7 Å². The molecule has 0 unspecified atom stereocenters. The van der Waals surface area contributed by atoms with Gasteiger partial charge in [0.2, 0.25) is 5.88 Å². The predicted molar refractivity (Wildman–Crippen MR) is 125 cm³/mol. The number of aromatic nitrogens is 3. The van der Waals surface area contributed by atoms with Gasteiger partial charge in [0.1, 0.15) is 18.2 Å². The Hall–Kier alpha value is -3.90. The topological polar surface area (TPSA) is 114 Å². The molecule has 0 amide bonds. The average molecular weight is 447 g/mol. The molecule has 0 atom stereocenters. The SMILES string of the molecule is COCCOc1ncc(-c2cc(N(N=O)c3ccnc(C(C)(C)C)c3)cnc2C)cc1C#N. The van der Waals surface area contributed by atoms with Crippen molar-refractivity contribution in [2.75, 3.05) is 25.3 Å². The smallest absolute Gasteiger partial charge is 0.231 e. The van der Waals surface area contributed by atoms with Gasteiger partial charge >= 0.3 is 0 Å². The molecule has 33 heavy (non-hydrogen) atoms. The van der Waals surface area contributed by atoms with E-state index < -0.39 is 0 Å². The third-order valence-electron chi connectivity index (χ3n) is 4.96. The fourth-order valence-corrected chi connectivity index (χ4v) is 3.15. The minimum absolute atomic E-state index is 0.187. The zero-order valence-corrected chi connectivity index (χ0v) is 19.4. The highest BCUT2D eigenvalue weighted by Crippen LogP contribution is 2.33. The molecule has 3 heterocycles. The number of ether oxygens (including phenoxy) is 2. The second-order valence-corrected chi connectivity index (χ2v) is 8.40. The largest absolute Gasteiger partial charge is 0.474 e. The number of rotatable bonds is 8. The lowest BCUT2D eigenvalue weighted by molar-refractivity contribution is 0.143. The number of aryl methyl sites for hydroxylation is 1. The Balaban J connectivity index is 2.00. The standard InChI is InChI=1S/C24H26N6O3/c1-16-21(18-10-17(13-25)23(28-14-18)33-9-8-32-5)11-20(15-27-16)30(29-31)19-6-7-26-22(12-19)24(2,3)4/h6-7,10-12,14-15H,8-9H2,1-5H3. The van der Waals surface area contributed by atoms with Gasteiger partial charge in [0, 0.05) is 47.4 Å². The highest BCUT2D eigenvalue weighted by atomic mass is 16.5. The van der Waals surface area contributed by atoms with E-state index in [9.17, 15) is 10.2 Å². The first kappa shape index (κ1) is 23.8. The number of nitriles is 1. The van der Waals surface area contributed by atoms with Gasteiger partial charge in [-0.25, -0.2) is 4.98 Å². The van der Waals surface area contributed by atoms with Crippen molar-refractivity contribution < 1.29 is 9.47 Å². The number of pyridine rings is 3. The summed E-state index contributed by atoms with van der Waals surface area (Å²) in [4.78, 5) is 25.0. The van der Waals surface area contributed by atoms with E-state index in [0.717, 1.165) is 11.3 Å². The molecule has 0 saturated carbocycles. The van der Waals surface area contributed by atoms with Crippen molar-refractivity contribution in [2.45, 2.75) is 33.1 Å². The van der Waals surface area contributed by atoms with Crippen molar-refractivity contribution in [3.05, 3.63) is 64.7 Å². The van der Waals surface area contributed by atoms with Crippen LogP contribution in [0.25, 0.3) is 11.1 Å². The third kappa shape index (κ3) is 5.48. The van der Waals surface area contributed by atoms with Gasteiger partial charge in [-0.1, -0.05) is 20.8 Å². The molecule has 0 fully saturated rings. The van der Waals surface area contributed by atoms with Crippen molar-refractivity contribution >= 4 is 11.4 Å². The molecule has 170 valence electrons. The van der Waals surface area contributed by atoms with Crippen LogP contribution in [0.4, 0.5) is 11.4 Å². The van der Waals surface area contributed by atoms with Crippen LogP contribution in [-0.2, 0) is 10.2 Å². The maximum atomic E-state index is 11.8. The molecule has 3 aromatic heterocycles. The molecule has 0 bridgehead atoms. The van der Waals surface area contributed by atoms with Crippen molar-refractivity contribution in [2.24, 2.45) is 5.29 Å². The van der Waals surface area contributed by atoms with E-state index in [-0.39, 0.29) is 17.9 Å². The van der Waals surface area contributed by atoms with Crippen LogP contribution < -0.4 is 9.75 Å². The van der Waals surface area contributed by atoms with Crippen LogP contribution >= 0.6 is 0 Å². The van der Waals surface area contributed by atoms with Crippen LogP contribution in [0.5, 0.6) is 5.88 Å². The predicted octanol–water partition coefficient (Wildman–Crippen LogP) is 4.86. The van der Waals surface area contributed by atoms with Crippen LogP contribution in [-0.4, -0.2) is 35.3 Å². The quantitative estimate of drug-likeness (QED) is 0.274. The van der Waals surface area contributed by atoms with Gasteiger partial charge in [-0.2, -0.15) is 10.3 Å². The van der Waals surface area contributed by atoms with E-state index in [2.05, 4.69) is 26.3 Å². The first-order valence-electron chi connectivity index (χ1n) is 10.4. The van der Waals surface area contributed by atoms with Gasteiger partial charge in [0.25, 0.3) is 0 Å². The molecule has 0 spiro atoms. The second kappa shape index (κ2) is 10.1. The number of hydrogen-bond donors (Lipinski definition) is 0. The maximum Gasteiger partial charge on any atom is 0.231 e. The summed E-state index contributed by atoms with van der Waals surface area (Å²) in [6, 6.07) is 9.15. The zero-order chi connectivity index (χ0) is 24.0. The number of nitroso groups, excluding NO2 is 1. The molecule has 0 aliphatic carbocycles. The van der Waals surface area contributed by atoms with Crippen LogP contribution in [0, 0.1) is 23.2 Å². The van der Waals surface area contributed by atoms with E-state index in [1.54, 1.807) is 43.9 Å². The van der Waals surface area contributed by atoms with Crippen LogP contribution in [0.15, 0.2) is 48.1 Å². The highest BCUT2D eigenvalue weighted by molar-refractivity contribution is 5.73. The molecule has 9 heteroatoms. The first-order chi connectivity index (χ1) is 15.8. The number of hydrogen-bond acceptors (Lipinski definition) is 8. The molecule has 0 saturated heterocycles. The zero-order valence-electron chi connectivity index (χ0n) is 19.4. The summed E-state index contributed by atoms with van der Waals surface area (Å²) >= 11 is 0. The summed E-state index contributed by atoms with van der Waals surface area (Å²) in [7, 11) is 1.57. The minimum atomic E-state index is -0.187. The Morgan fingerprint density at radius 3 is 2.55 bits per heavy atom. The normalized spacial score (nSPS) is 11.0. The van der Waals surface area contributed by atoms with Gasteiger partial charge in [-0.15, -0.1) is 4.91 Å². The van der Waals surface area contributed by atoms with Crippen LogP contribution in [0.2, 0.25) is 0 Å². The summed E-state index contributed by atoms with van der Waals surface area (Å²) in [6.45, 7) is 8.66. The number of nitrogens with zero attached hydrogens (tertiary/aromatic N) is 6. The summed E-state index contributed by atoms with van der Waals surface area (Å²) in [6.07, 6.45) is 4.85. The van der Waals surface area contributed by atoms with E-state index >= 15 is 0 Å². The Kier molecular flexibility index (Phi) is 7.30. The Morgan fingerprint density at radius 1 is 1.09 bits per heavy atom. The number of anilines is 2. The van der Waals surface area contributed by atoms with Crippen molar-refractivity contribution in [3.63, 3.8) is 0 Å². The van der Waals surface area contributed by atoms with Crippen LogP contribution in [0.3, 0.4) is 0 Å². The molecule has 0 N–H and O–H groups in total. The lowest BCUT2D eigenvalue weighted by Crippen LogP contribution is -2.15. The fourth-order valence-electron chi connectivity index (χ4n) is 3.15. The van der Waals surface area contributed by atoms with Gasteiger partial charge in [-0.05, 0) is 31.2 Å². The van der Waals surface area contributed by atoms with E-state index in [0.29, 0.717) is 34.8 Å². The monoisotopic (exact) mass is 446 g/mol. The first-order valence-corrected chi connectivity index (χ1v) is 10.4. The van der Waals surface area contributed by atoms with Gasteiger partial charge in [-0.3, -0.25) is 9.97 Å². The molecule has 0 aliphatic heterocycles. The Bertz CT molecular complexity index is 1180. The molecule has 0 radical (unpaired) electrons. The second-order valence-electron chi connectivity index (χ2n) is 8.40. The molecular weight excluding hydrogens is 420 g/mol. The van der Waals surface area contributed by atoms with Gasteiger partial charge in [0.05, 0.1) is 29.5 Å². The van der Waals surface area contributed by atoms with E-state index in [1.165, 1.54) is 5.01 Å². The lowest BCUT2D eigenvalue weighted by Gasteiger charge is -2.21. The molecule has 3 rings (SSSR count). The lowest BCUT2D eigenvalue weighted by atomic mass is 9.91. The highest BCUT2D eigenvalue weighted by Gasteiger charge is 2.20. The molecule has 3 aromatic rings. The molecule has 9 nitrogen and oxygen atoms in total. The summed E-state index contributed by atoms with van der Waals surface area (Å²) in [5.41, 5.74) is 4.12. The Morgan fingerprint density at radius 2 is 1.88 bits per heavy atom. The fraction of sp³-hybridized carbons (Fsp3) is 0.333. The Labute approximate surface area is 193 Å². The summed E-state index contributed by atoms with van der Waals surface area (Å²) < 4.78 is 10.5. The summed E-state index contributed by atoms with van der Waals surface area (Å²) in [5, 5.41) is 14.0. The summed E-state index contributed by atoms with van der Waals surface area (Å²) in [5.74, 6) is 0.239. The van der Waals surface area contributed by atoms with E-state index in [1.807, 2.05) is 33.8 Å². The van der Waals surface area contributed by atoms with E-state index in [4.69, 9.17) is 9.47 Å². The third-order valence-corrected chi connectivity index (χ3v) is 4.96.